The summed E-state index contributed by atoms with van der Waals surface area (Å²) in [5.74, 6) is -12.0. The second kappa shape index (κ2) is 23.5. The predicted octanol–water partition coefficient (Wildman–Crippen LogP) is -3.04. The molecule has 0 aromatic rings. The predicted molar refractivity (Wildman–Crippen MR) is 182 cm³/mol. The number of carboxylic acid groups (broad SMARTS) is 4. The fourth-order valence-corrected chi connectivity index (χ4v) is 4.73. The average molecular weight is 764 g/mol. The lowest BCUT2D eigenvalue weighted by atomic mass is 10.0. The summed E-state index contributed by atoms with van der Waals surface area (Å²) in [6.45, 7) is 5.66. The van der Waals surface area contributed by atoms with E-state index in [1.807, 2.05) is 5.32 Å². The third-order valence-electron chi connectivity index (χ3n) is 7.21. The quantitative estimate of drug-likeness (QED) is 0.0440. The molecule has 0 bridgehead atoms. The van der Waals surface area contributed by atoms with Crippen molar-refractivity contribution in [1.29, 1.82) is 0 Å². The van der Waals surface area contributed by atoms with E-state index in [2.05, 4.69) is 26.6 Å². The van der Waals surface area contributed by atoms with Crippen LogP contribution in [0.25, 0.3) is 0 Å². The van der Waals surface area contributed by atoms with E-state index in [4.69, 9.17) is 10.8 Å². The van der Waals surface area contributed by atoms with Crippen molar-refractivity contribution < 1.29 is 68.4 Å². The number of amides is 6. The molecular formula is C30H49N7O14S. The van der Waals surface area contributed by atoms with Crippen molar-refractivity contribution in [3.8, 4) is 0 Å². The molecule has 0 radical (unpaired) electrons. The minimum atomic E-state index is -1.86. The molecule has 6 amide bonds. The minimum Gasteiger partial charge on any atom is -0.481 e. The van der Waals surface area contributed by atoms with Crippen LogP contribution in [0.5, 0.6) is 0 Å². The number of carboxylic acids is 4. The molecule has 0 fully saturated rings. The molecule has 0 aliphatic heterocycles. The van der Waals surface area contributed by atoms with Crippen molar-refractivity contribution in [2.24, 2.45) is 11.7 Å². The first-order chi connectivity index (χ1) is 24.1. The van der Waals surface area contributed by atoms with Crippen LogP contribution in [0.15, 0.2) is 0 Å². The minimum absolute atomic E-state index is 0.0392. The Morgan fingerprint density at radius 2 is 0.962 bits per heavy atom. The lowest BCUT2D eigenvalue weighted by molar-refractivity contribution is -0.147. The Kier molecular flexibility index (Phi) is 21.2. The Hall–Kier alpha value is -4.99. The van der Waals surface area contributed by atoms with Crippen molar-refractivity contribution in [1.82, 2.24) is 31.9 Å². The van der Waals surface area contributed by atoms with Crippen LogP contribution in [-0.2, 0) is 47.9 Å². The van der Waals surface area contributed by atoms with Crippen molar-refractivity contribution in [3.05, 3.63) is 0 Å². The van der Waals surface area contributed by atoms with Crippen molar-refractivity contribution in [2.45, 2.75) is 109 Å². The molecule has 21 nitrogen and oxygen atoms in total. The van der Waals surface area contributed by atoms with E-state index in [9.17, 15) is 63.3 Å². The number of hydrogen-bond acceptors (Lipinski definition) is 12. The van der Waals surface area contributed by atoms with Crippen LogP contribution in [0.3, 0.4) is 0 Å². The number of thioether (sulfide) groups is 1. The highest BCUT2D eigenvalue weighted by atomic mass is 32.2. The van der Waals surface area contributed by atoms with Crippen molar-refractivity contribution in [3.63, 3.8) is 0 Å². The molecule has 7 atom stereocenters. The number of carbonyl (C=O) groups excluding carboxylic acids is 6. The van der Waals surface area contributed by atoms with E-state index < -0.39 is 140 Å². The van der Waals surface area contributed by atoms with Gasteiger partial charge in [0, 0.05) is 12.8 Å². The molecule has 0 aromatic heterocycles. The van der Waals surface area contributed by atoms with Crippen LogP contribution in [0, 0.1) is 5.92 Å². The van der Waals surface area contributed by atoms with Gasteiger partial charge in [0.1, 0.15) is 36.3 Å². The molecule has 0 saturated heterocycles. The SMILES string of the molecule is CSCC[C@H](NC(=O)[C@H](C)NC(=O)[C@H](C)N)C(=O)N[C@@H](CCC(=O)O)C(=O)N[C@@H](CCC(=O)O)C(=O)N[C@H](C(=O)N[C@@H](CC(=O)O)C(=O)O)C(C)C. The van der Waals surface area contributed by atoms with E-state index in [1.54, 1.807) is 6.26 Å². The second-order valence-electron chi connectivity index (χ2n) is 12.1. The summed E-state index contributed by atoms with van der Waals surface area (Å²) in [4.78, 5) is 123. The average Bonchev–Trinajstić information content (AvgIpc) is 3.03. The number of nitrogens with two attached hydrogens (primary N) is 1. The molecule has 52 heavy (non-hydrogen) atoms. The van der Waals surface area contributed by atoms with Crippen LogP contribution >= 0.6 is 11.8 Å². The van der Waals surface area contributed by atoms with E-state index in [0.29, 0.717) is 5.75 Å². The number of aliphatic carboxylic acids is 4. The van der Waals surface area contributed by atoms with Gasteiger partial charge < -0.3 is 58.1 Å². The summed E-state index contributed by atoms with van der Waals surface area (Å²) in [5.41, 5.74) is 5.51. The van der Waals surface area contributed by atoms with Gasteiger partial charge in [-0.25, -0.2) is 4.79 Å². The summed E-state index contributed by atoms with van der Waals surface area (Å²) in [6, 6.07) is -9.99. The number of nitrogens with one attached hydrogen (secondary N) is 6. The standard InChI is InChI=1S/C30H49N7O14S/c1-13(2)23(29(49)36-19(30(50)51)12-22(42)43)37-28(48)17(7-9-21(40)41)35-26(46)16(6-8-20(38)39)34-27(47)18(10-11-52-5)33-25(45)15(4)32-24(44)14(3)31/h13-19,23H,6-12,31H2,1-5H3,(H,32,44)(H,33,45)(H,34,47)(H,35,46)(H,36,49)(H,37,48)(H,38,39)(H,40,41)(H,42,43)(H,50,51)/t14-,15-,16-,17-,18-,19-,23-/m0/s1. The van der Waals surface area contributed by atoms with Crippen LogP contribution < -0.4 is 37.6 Å². The topological polar surface area (TPSA) is 350 Å². The lowest BCUT2D eigenvalue weighted by Gasteiger charge is -2.28. The van der Waals surface area contributed by atoms with Crippen molar-refractivity contribution >= 4 is 71.1 Å². The van der Waals surface area contributed by atoms with Gasteiger partial charge in [0.05, 0.1) is 12.5 Å². The maximum atomic E-state index is 13.5. The van der Waals surface area contributed by atoms with E-state index in [0.717, 1.165) is 0 Å². The first-order valence-corrected chi connectivity index (χ1v) is 17.4. The molecule has 0 heterocycles. The molecule has 0 saturated carbocycles. The molecule has 0 aliphatic rings. The largest absolute Gasteiger partial charge is 0.481 e. The zero-order valence-corrected chi connectivity index (χ0v) is 30.2. The normalized spacial score (nSPS) is 14.9. The third kappa shape index (κ3) is 18.3. The third-order valence-corrected chi connectivity index (χ3v) is 7.85. The summed E-state index contributed by atoms with van der Waals surface area (Å²) in [7, 11) is 0. The van der Waals surface area contributed by atoms with Crippen LogP contribution in [0.4, 0.5) is 0 Å². The maximum absolute atomic E-state index is 13.5. The van der Waals surface area contributed by atoms with Gasteiger partial charge in [-0.15, -0.1) is 0 Å². The molecule has 0 unspecified atom stereocenters. The zero-order chi connectivity index (χ0) is 40.3. The summed E-state index contributed by atoms with van der Waals surface area (Å²) in [5, 5.41) is 50.6. The van der Waals surface area contributed by atoms with Gasteiger partial charge in [-0.2, -0.15) is 11.8 Å². The highest BCUT2D eigenvalue weighted by molar-refractivity contribution is 7.98. The first-order valence-electron chi connectivity index (χ1n) is 16.1. The zero-order valence-electron chi connectivity index (χ0n) is 29.4. The molecule has 0 aliphatic carbocycles. The van der Waals surface area contributed by atoms with Crippen LogP contribution in [0.2, 0.25) is 0 Å². The number of carbonyl (C=O) groups is 10. The van der Waals surface area contributed by atoms with Gasteiger partial charge in [0.15, 0.2) is 0 Å². The Labute approximate surface area is 303 Å². The summed E-state index contributed by atoms with van der Waals surface area (Å²) < 4.78 is 0. The van der Waals surface area contributed by atoms with Crippen LogP contribution in [0.1, 0.15) is 66.2 Å². The molecule has 0 spiro atoms. The molecule has 294 valence electrons. The van der Waals surface area contributed by atoms with Gasteiger partial charge in [-0.05, 0) is 51.0 Å². The molecular weight excluding hydrogens is 714 g/mol. The fourth-order valence-electron chi connectivity index (χ4n) is 4.25. The fraction of sp³-hybridized carbons (Fsp3) is 0.667. The molecule has 0 aromatic carbocycles. The van der Waals surface area contributed by atoms with Gasteiger partial charge in [0.2, 0.25) is 35.4 Å². The Balaban J connectivity index is 6.25. The first kappa shape index (κ1) is 47.0. The monoisotopic (exact) mass is 763 g/mol. The van der Waals surface area contributed by atoms with Crippen molar-refractivity contribution in [2.75, 3.05) is 12.0 Å². The Bertz CT molecular complexity index is 1330. The van der Waals surface area contributed by atoms with Gasteiger partial charge in [0.25, 0.3) is 0 Å². The lowest BCUT2D eigenvalue weighted by Crippen LogP contribution is -2.60. The van der Waals surface area contributed by atoms with Gasteiger partial charge in [-0.1, -0.05) is 13.8 Å². The molecule has 0 rings (SSSR count). The summed E-state index contributed by atoms with van der Waals surface area (Å²) in [6.07, 6.45) is -1.61. The number of hydrogen-bond donors (Lipinski definition) is 11. The van der Waals surface area contributed by atoms with Gasteiger partial charge in [-0.3, -0.25) is 43.2 Å². The van der Waals surface area contributed by atoms with E-state index in [1.165, 1.54) is 39.5 Å². The maximum Gasteiger partial charge on any atom is 0.326 e. The Morgan fingerprint density at radius 1 is 0.538 bits per heavy atom. The molecule has 22 heteroatoms. The van der Waals surface area contributed by atoms with E-state index >= 15 is 0 Å². The second-order valence-corrected chi connectivity index (χ2v) is 13.1. The Morgan fingerprint density at radius 3 is 1.35 bits per heavy atom. The highest BCUT2D eigenvalue weighted by Crippen LogP contribution is 2.09. The smallest absolute Gasteiger partial charge is 0.326 e. The van der Waals surface area contributed by atoms with E-state index in [-0.39, 0.29) is 6.42 Å². The number of rotatable bonds is 25. The van der Waals surface area contributed by atoms with Crippen LogP contribution in [-0.4, -0.2) is 134 Å². The molecule has 12 N–H and O–H groups in total. The summed E-state index contributed by atoms with van der Waals surface area (Å²) >= 11 is 1.32. The highest BCUT2D eigenvalue weighted by Gasteiger charge is 2.34. The van der Waals surface area contributed by atoms with Gasteiger partial charge >= 0.3 is 23.9 Å².